The predicted octanol–water partition coefficient (Wildman–Crippen LogP) is 1.28. The molecule has 1 saturated heterocycles. The zero-order valence-electron chi connectivity index (χ0n) is 11.6. The smallest absolute Gasteiger partial charge is 0.240 e. The zero-order chi connectivity index (χ0) is 15.5. The van der Waals surface area contributed by atoms with Crippen LogP contribution in [0.1, 0.15) is 12.8 Å². The lowest BCUT2D eigenvalue weighted by atomic mass is 9.95. The molecule has 0 unspecified atom stereocenters. The van der Waals surface area contributed by atoms with Crippen LogP contribution in [0, 0.1) is 0 Å². The van der Waals surface area contributed by atoms with Crippen LogP contribution in [-0.2, 0) is 14.8 Å². The van der Waals surface area contributed by atoms with Crippen molar-refractivity contribution in [3.8, 4) is 5.75 Å². The monoisotopic (exact) mass is 379 g/mol. The Morgan fingerprint density at radius 2 is 2.10 bits per heavy atom. The van der Waals surface area contributed by atoms with Gasteiger partial charge in [0.1, 0.15) is 5.75 Å². The molecule has 0 aliphatic carbocycles. The Morgan fingerprint density at radius 3 is 2.67 bits per heavy atom. The molecule has 1 aliphatic heterocycles. The Labute approximate surface area is 132 Å². The first kappa shape index (κ1) is 16.7. The van der Waals surface area contributed by atoms with E-state index < -0.39 is 15.6 Å². The standard InChI is InChI=1S/C13H18BrNO5S/c1-19-12-3-2-10(8-11(12)14)21(17,18)15-9-13(16)4-6-20-7-5-13/h2-3,8,15-16H,4-7,9H2,1H3. The Bertz CT molecular complexity index is 599. The van der Waals surface area contributed by atoms with Crippen molar-refractivity contribution < 1.29 is 23.0 Å². The summed E-state index contributed by atoms with van der Waals surface area (Å²) in [7, 11) is -2.17. The molecule has 0 saturated carbocycles. The van der Waals surface area contributed by atoms with Gasteiger partial charge in [0.25, 0.3) is 0 Å². The molecule has 0 amide bonds. The molecule has 0 bridgehead atoms. The van der Waals surface area contributed by atoms with Gasteiger partial charge in [-0.1, -0.05) is 0 Å². The minimum absolute atomic E-state index is 0.0255. The van der Waals surface area contributed by atoms with Gasteiger partial charge >= 0.3 is 0 Å². The van der Waals surface area contributed by atoms with Crippen molar-refractivity contribution in [2.75, 3.05) is 26.9 Å². The molecular formula is C13H18BrNO5S. The maximum atomic E-state index is 12.3. The van der Waals surface area contributed by atoms with Gasteiger partial charge in [-0.05, 0) is 34.1 Å². The topological polar surface area (TPSA) is 84.9 Å². The molecule has 0 aromatic heterocycles. The number of rotatable bonds is 5. The van der Waals surface area contributed by atoms with Gasteiger partial charge in [0, 0.05) is 32.6 Å². The lowest BCUT2D eigenvalue weighted by Crippen LogP contribution is -2.46. The number of sulfonamides is 1. The normalized spacial score (nSPS) is 18.4. The molecule has 1 heterocycles. The number of hydrogen-bond acceptors (Lipinski definition) is 5. The van der Waals surface area contributed by atoms with Gasteiger partial charge in [0.15, 0.2) is 0 Å². The second-order valence-corrected chi connectivity index (χ2v) is 7.58. The quantitative estimate of drug-likeness (QED) is 0.804. The summed E-state index contributed by atoms with van der Waals surface area (Å²) < 4.78 is 37.7. The molecule has 1 aliphatic rings. The summed E-state index contributed by atoms with van der Waals surface area (Å²) in [5.74, 6) is 0.553. The van der Waals surface area contributed by atoms with Crippen LogP contribution in [0.15, 0.2) is 27.6 Å². The molecule has 0 spiro atoms. The summed E-state index contributed by atoms with van der Waals surface area (Å²) in [4.78, 5) is 0.117. The average molecular weight is 380 g/mol. The molecule has 1 fully saturated rings. The van der Waals surface area contributed by atoms with Crippen molar-refractivity contribution >= 4 is 26.0 Å². The predicted molar refractivity (Wildman–Crippen MR) is 80.9 cm³/mol. The van der Waals surface area contributed by atoms with Gasteiger partial charge in [0.2, 0.25) is 10.0 Å². The molecule has 2 rings (SSSR count). The van der Waals surface area contributed by atoms with Crippen LogP contribution in [0.4, 0.5) is 0 Å². The van der Waals surface area contributed by atoms with Gasteiger partial charge in [-0.25, -0.2) is 13.1 Å². The molecule has 6 nitrogen and oxygen atoms in total. The van der Waals surface area contributed by atoms with E-state index in [-0.39, 0.29) is 11.4 Å². The largest absolute Gasteiger partial charge is 0.496 e. The van der Waals surface area contributed by atoms with Crippen LogP contribution >= 0.6 is 15.9 Å². The molecule has 21 heavy (non-hydrogen) atoms. The molecule has 1 aromatic rings. The van der Waals surface area contributed by atoms with Crippen molar-refractivity contribution in [1.29, 1.82) is 0 Å². The number of hydrogen-bond donors (Lipinski definition) is 2. The van der Waals surface area contributed by atoms with Crippen molar-refractivity contribution in [2.45, 2.75) is 23.3 Å². The first-order valence-electron chi connectivity index (χ1n) is 6.50. The van der Waals surface area contributed by atoms with E-state index in [2.05, 4.69) is 20.7 Å². The Kier molecular flexibility index (Phi) is 5.26. The second-order valence-electron chi connectivity index (χ2n) is 4.96. The third-order valence-electron chi connectivity index (χ3n) is 3.45. The number of ether oxygens (including phenoxy) is 2. The first-order chi connectivity index (χ1) is 9.86. The van der Waals surface area contributed by atoms with Gasteiger partial charge in [-0.3, -0.25) is 0 Å². The van der Waals surface area contributed by atoms with Crippen molar-refractivity contribution in [3.05, 3.63) is 22.7 Å². The fraction of sp³-hybridized carbons (Fsp3) is 0.538. The zero-order valence-corrected chi connectivity index (χ0v) is 14.0. The Morgan fingerprint density at radius 1 is 1.43 bits per heavy atom. The highest BCUT2D eigenvalue weighted by molar-refractivity contribution is 9.10. The van der Waals surface area contributed by atoms with E-state index in [4.69, 9.17) is 9.47 Å². The molecule has 0 radical (unpaired) electrons. The number of nitrogens with one attached hydrogen (secondary N) is 1. The third-order valence-corrected chi connectivity index (χ3v) is 5.47. The van der Waals surface area contributed by atoms with Crippen LogP contribution in [0.3, 0.4) is 0 Å². The number of benzene rings is 1. The van der Waals surface area contributed by atoms with E-state index in [9.17, 15) is 13.5 Å². The minimum Gasteiger partial charge on any atom is -0.496 e. The van der Waals surface area contributed by atoms with Crippen molar-refractivity contribution in [1.82, 2.24) is 4.72 Å². The summed E-state index contributed by atoms with van der Waals surface area (Å²) in [6.07, 6.45) is 0.837. The van der Waals surface area contributed by atoms with Gasteiger partial charge in [-0.15, -0.1) is 0 Å². The summed E-state index contributed by atoms with van der Waals surface area (Å²) in [6.45, 7) is 0.848. The number of aliphatic hydroxyl groups is 1. The van der Waals surface area contributed by atoms with Crippen molar-refractivity contribution in [3.63, 3.8) is 0 Å². The molecule has 118 valence electrons. The van der Waals surface area contributed by atoms with E-state index in [1.165, 1.54) is 19.2 Å². The first-order valence-corrected chi connectivity index (χ1v) is 8.77. The van der Waals surface area contributed by atoms with Gasteiger partial charge in [0.05, 0.1) is 22.1 Å². The highest BCUT2D eigenvalue weighted by Crippen LogP contribution is 2.27. The minimum atomic E-state index is -3.68. The van der Waals surface area contributed by atoms with E-state index in [1.807, 2.05) is 0 Å². The average Bonchev–Trinajstić information content (AvgIpc) is 2.46. The molecular weight excluding hydrogens is 362 g/mol. The SMILES string of the molecule is COc1ccc(S(=O)(=O)NCC2(O)CCOCC2)cc1Br. The summed E-state index contributed by atoms with van der Waals surface area (Å²) in [6, 6.07) is 4.50. The number of methoxy groups -OCH3 is 1. The molecule has 8 heteroatoms. The van der Waals surface area contributed by atoms with Crippen LogP contribution in [0.5, 0.6) is 5.75 Å². The Hall–Kier alpha value is -0.670. The summed E-state index contributed by atoms with van der Waals surface area (Å²) >= 11 is 3.25. The highest BCUT2D eigenvalue weighted by Gasteiger charge is 2.31. The lowest BCUT2D eigenvalue weighted by molar-refractivity contribution is -0.0588. The maximum Gasteiger partial charge on any atom is 0.240 e. The highest BCUT2D eigenvalue weighted by atomic mass is 79.9. The molecule has 0 atom stereocenters. The van der Waals surface area contributed by atoms with Crippen LogP contribution in [-0.4, -0.2) is 46.0 Å². The van der Waals surface area contributed by atoms with Gasteiger partial charge in [-0.2, -0.15) is 0 Å². The maximum absolute atomic E-state index is 12.3. The molecule has 2 N–H and O–H groups in total. The fourth-order valence-corrected chi connectivity index (χ4v) is 3.89. The molecule has 1 aromatic carbocycles. The van der Waals surface area contributed by atoms with E-state index in [0.717, 1.165) is 0 Å². The Balaban J connectivity index is 2.09. The van der Waals surface area contributed by atoms with Crippen LogP contribution in [0.25, 0.3) is 0 Å². The lowest BCUT2D eigenvalue weighted by Gasteiger charge is -2.31. The van der Waals surface area contributed by atoms with E-state index in [0.29, 0.717) is 36.3 Å². The third kappa shape index (κ3) is 4.17. The van der Waals surface area contributed by atoms with E-state index >= 15 is 0 Å². The van der Waals surface area contributed by atoms with Crippen LogP contribution in [0.2, 0.25) is 0 Å². The van der Waals surface area contributed by atoms with E-state index in [1.54, 1.807) is 6.07 Å². The van der Waals surface area contributed by atoms with Crippen LogP contribution < -0.4 is 9.46 Å². The van der Waals surface area contributed by atoms with Crippen molar-refractivity contribution in [2.24, 2.45) is 0 Å². The van der Waals surface area contributed by atoms with Gasteiger partial charge < -0.3 is 14.6 Å². The summed E-state index contributed by atoms with van der Waals surface area (Å²) in [5.41, 5.74) is -1.05. The summed E-state index contributed by atoms with van der Waals surface area (Å²) in [5, 5.41) is 10.3. The second kappa shape index (κ2) is 6.62. The number of halogens is 1. The fourth-order valence-electron chi connectivity index (χ4n) is 2.06.